The number of hydrogen-bond acceptors (Lipinski definition) is 4. The Balaban J connectivity index is 2.19. The smallest absolute Gasteiger partial charge is 0.246 e. The van der Waals surface area contributed by atoms with Crippen molar-refractivity contribution in [1.82, 2.24) is 10.2 Å². The van der Waals surface area contributed by atoms with Crippen molar-refractivity contribution in [3.8, 4) is 0 Å². The minimum atomic E-state index is -0.931. The number of halogens is 2. The molecule has 1 aliphatic heterocycles. The molecule has 1 aliphatic rings. The molecule has 1 heterocycles. The molecule has 1 aromatic rings. The fourth-order valence-corrected chi connectivity index (χ4v) is 2.32. The molecule has 0 atom stereocenters. The Kier molecular flexibility index (Phi) is 4.37. The van der Waals surface area contributed by atoms with Crippen LogP contribution in [0.15, 0.2) is 18.2 Å². The van der Waals surface area contributed by atoms with E-state index in [9.17, 15) is 14.4 Å². The van der Waals surface area contributed by atoms with Crippen molar-refractivity contribution in [2.45, 2.75) is 19.4 Å². The predicted molar refractivity (Wildman–Crippen MR) is 79.6 cm³/mol. The van der Waals surface area contributed by atoms with Crippen LogP contribution in [0.2, 0.25) is 10.0 Å². The third-order valence-electron chi connectivity index (χ3n) is 3.51. The summed E-state index contributed by atoms with van der Waals surface area (Å²) in [5, 5.41) is 2.91. The van der Waals surface area contributed by atoms with E-state index >= 15 is 0 Å². The number of piperazine rings is 1. The van der Waals surface area contributed by atoms with Crippen LogP contribution in [0.1, 0.15) is 24.2 Å². The van der Waals surface area contributed by atoms with Crippen molar-refractivity contribution in [3.63, 3.8) is 0 Å². The van der Waals surface area contributed by atoms with E-state index in [2.05, 4.69) is 5.32 Å². The van der Waals surface area contributed by atoms with Crippen LogP contribution in [0.4, 0.5) is 0 Å². The summed E-state index contributed by atoms with van der Waals surface area (Å²) in [5.74, 6) is -1.06. The highest BCUT2D eigenvalue weighted by Gasteiger charge is 2.41. The second-order valence-corrected chi connectivity index (χ2v) is 6.16. The van der Waals surface area contributed by atoms with Crippen LogP contribution in [-0.4, -0.2) is 41.1 Å². The minimum Gasteiger partial charge on any atom is -0.294 e. The predicted octanol–water partition coefficient (Wildman–Crippen LogP) is 1.91. The molecule has 0 saturated carbocycles. The highest BCUT2D eigenvalue weighted by molar-refractivity contribution is 6.42. The standard InChI is InChI=1S/C14H14Cl2N2O3/c1-14(2)13(21)17-12(20)7-18(14)6-11(19)8-3-4-9(15)10(16)5-8/h3-5H,6-7H2,1-2H3,(H,17,20,21). The molecule has 2 amide bonds. The number of hydrogen-bond donors (Lipinski definition) is 1. The first kappa shape index (κ1) is 15.9. The lowest BCUT2D eigenvalue weighted by molar-refractivity contribution is -0.144. The lowest BCUT2D eigenvalue weighted by atomic mass is 9.97. The van der Waals surface area contributed by atoms with E-state index in [1.54, 1.807) is 24.8 Å². The Labute approximate surface area is 132 Å². The van der Waals surface area contributed by atoms with E-state index in [0.717, 1.165) is 0 Å². The fraction of sp³-hybridized carbons (Fsp3) is 0.357. The molecule has 1 saturated heterocycles. The van der Waals surface area contributed by atoms with Gasteiger partial charge >= 0.3 is 0 Å². The molecule has 0 unspecified atom stereocenters. The Bertz CT molecular complexity index is 629. The van der Waals surface area contributed by atoms with E-state index in [-0.39, 0.29) is 23.9 Å². The maximum absolute atomic E-state index is 12.3. The number of amides is 2. The maximum atomic E-state index is 12.3. The number of ketones is 1. The number of rotatable bonds is 3. The molecule has 1 aromatic carbocycles. The average Bonchev–Trinajstić information content (AvgIpc) is 2.39. The molecule has 0 aromatic heterocycles. The van der Waals surface area contributed by atoms with Gasteiger partial charge in [-0.05, 0) is 32.0 Å². The van der Waals surface area contributed by atoms with Crippen molar-refractivity contribution in [3.05, 3.63) is 33.8 Å². The summed E-state index contributed by atoms with van der Waals surface area (Å²) in [6, 6.07) is 4.58. The number of Topliss-reactive ketones (excluding diaryl/α,β-unsaturated/α-hetero) is 1. The monoisotopic (exact) mass is 328 g/mol. The molecular formula is C14H14Cl2N2O3. The third kappa shape index (κ3) is 3.26. The van der Waals surface area contributed by atoms with Gasteiger partial charge in [0.15, 0.2) is 5.78 Å². The normalized spacial score (nSPS) is 18.5. The van der Waals surface area contributed by atoms with Crippen molar-refractivity contribution in [2.24, 2.45) is 0 Å². The van der Waals surface area contributed by atoms with E-state index in [4.69, 9.17) is 23.2 Å². The van der Waals surface area contributed by atoms with Gasteiger partial charge < -0.3 is 0 Å². The molecule has 21 heavy (non-hydrogen) atoms. The van der Waals surface area contributed by atoms with Gasteiger partial charge in [-0.1, -0.05) is 23.2 Å². The van der Waals surface area contributed by atoms with Crippen LogP contribution in [0, 0.1) is 0 Å². The topological polar surface area (TPSA) is 66.5 Å². The quantitative estimate of drug-likeness (QED) is 0.680. The molecule has 112 valence electrons. The Morgan fingerprint density at radius 3 is 2.57 bits per heavy atom. The summed E-state index contributed by atoms with van der Waals surface area (Å²) < 4.78 is 0. The van der Waals surface area contributed by atoms with Gasteiger partial charge in [0.25, 0.3) is 0 Å². The highest BCUT2D eigenvalue weighted by atomic mass is 35.5. The zero-order chi connectivity index (χ0) is 15.8. The summed E-state index contributed by atoms with van der Waals surface area (Å²) in [6.45, 7) is 3.27. The summed E-state index contributed by atoms with van der Waals surface area (Å²) in [7, 11) is 0. The second-order valence-electron chi connectivity index (χ2n) is 5.34. The van der Waals surface area contributed by atoms with Crippen LogP contribution in [-0.2, 0) is 9.59 Å². The summed E-state index contributed by atoms with van der Waals surface area (Å²) in [6.07, 6.45) is 0. The molecule has 5 nitrogen and oxygen atoms in total. The zero-order valence-electron chi connectivity index (χ0n) is 11.6. The van der Waals surface area contributed by atoms with Crippen LogP contribution in [0.3, 0.4) is 0 Å². The Morgan fingerprint density at radius 2 is 1.95 bits per heavy atom. The molecule has 0 radical (unpaired) electrons. The SMILES string of the molecule is CC1(C)C(=O)NC(=O)CN1CC(=O)c1ccc(Cl)c(Cl)c1. The zero-order valence-corrected chi connectivity index (χ0v) is 13.1. The largest absolute Gasteiger partial charge is 0.294 e. The molecule has 1 fully saturated rings. The molecule has 0 aliphatic carbocycles. The molecule has 1 N–H and O–H groups in total. The van der Waals surface area contributed by atoms with Crippen LogP contribution >= 0.6 is 23.2 Å². The average molecular weight is 329 g/mol. The molecule has 2 rings (SSSR count). The van der Waals surface area contributed by atoms with Gasteiger partial charge in [0.1, 0.15) is 0 Å². The van der Waals surface area contributed by atoms with Gasteiger partial charge in [0.05, 0.1) is 28.7 Å². The highest BCUT2D eigenvalue weighted by Crippen LogP contribution is 2.24. The third-order valence-corrected chi connectivity index (χ3v) is 4.25. The molecule has 7 heteroatoms. The van der Waals surface area contributed by atoms with Crippen LogP contribution < -0.4 is 5.32 Å². The molecule has 0 bridgehead atoms. The van der Waals surface area contributed by atoms with Crippen molar-refractivity contribution in [2.75, 3.05) is 13.1 Å². The first-order valence-corrected chi connectivity index (χ1v) is 7.05. The number of nitrogens with one attached hydrogen (secondary N) is 1. The first-order chi connectivity index (χ1) is 9.71. The Hall–Kier alpha value is -1.43. The fourth-order valence-electron chi connectivity index (χ4n) is 2.02. The van der Waals surface area contributed by atoms with E-state index in [1.807, 2.05) is 0 Å². The maximum Gasteiger partial charge on any atom is 0.246 e. The van der Waals surface area contributed by atoms with Gasteiger partial charge in [-0.3, -0.25) is 24.6 Å². The number of carbonyl (C=O) groups excluding carboxylic acids is 3. The van der Waals surface area contributed by atoms with Gasteiger partial charge in [0, 0.05) is 5.56 Å². The van der Waals surface area contributed by atoms with Crippen LogP contribution in [0.25, 0.3) is 0 Å². The van der Waals surface area contributed by atoms with Crippen molar-refractivity contribution >= 4 is 40.8 Å². The first-order valence-electron chi connectivity index (χ1n) is 6.29. The summed E-state index contributed by atoms with van der Waals surface area (Å²) in [5.41, 5.74) is -0.543. The number of carbonyl (C=O) groups is 3. The molecular weight excluding hydrogens is 315 g/mol. The van der Waals surface area contributed by atoms with Crippen LogP contribution in [0.5, 0.6) is 0 Å². The van der Waals surface area contributed by atoms with Gasteiger partial charge in [0.2, 0.25) is 11.8 Å². The lowest BCUT2D eigenvalue weighted by Crippen LogP contribution is -2.64. The number of imide groups is 1. The van der Waals surface area contributed by atoms with Gasteiger partial charge in [-0.25, -0.2) is 0 Å². The Morgan fingerprint density at radius 1 is 1.29 bits per heavy atom. The van der Waals surface area contributed by atoms with E-state index in [0.29, 0.717) is 10.6 Å². The molecule has 0 spiro atoms. The van der Waals surface area contributed by atoms with E-state index < -0.39 is 17.4 Å². The number of benzene rings is 1. The van der Waals surface area contributed by atoms with Gasteiger partial charge in [-0.15, -0.1) is 0 Å². The van der Waals surface area contributed by atoms with E-state index in [1.165, 1.54) is 12.1 Å². The summed E-state index contributed by atoms with van der Waals surface area (Å²) >= 11 is 11.7. The number of nitrogens with zero attached hydrogens (tertiary/aromatic N) is 1. The van der Waals surface area contributed by atoms with Crippen molar-refractivity contribution < 1.29 is 14.4 Å². The second kappa shape index (κ2) is 5.75. The minimum absolute atomic E-state index is 0.00813. The van der Waals surface area contributed by atoms with Gasteiger partial charge in [-0.2, -0.15) is 0 Å². The van der Waals surface area contributed by atoms with Crippen molar-refractivity contribution in [1.29, 1.82) is 0 Å². The summed E-state index contributed by atoms with van der Waals surface area (Å²) in [4.78, 5) is 37.1. The lowest BCUT2D eigenvalue weighted by Gasteiger charge is -2.39.